The SMILES string of the molecule is CC1CCC(C(C)C)C(OCCl)C1. The summed E-state index contributed by atoms with van der Waals surface area (Å²) in [4.78, 5) is 0. The molecule has 1 aliphatic rings. The van der Waals surface area contributed by atoms with E-state index in [1.165, 1.54) is 19.3 Å². The summed E-state index contributed by atoms with van der Waals surface area (Å²) >= 11 is 5.63. The maximum Gasteiger partial charge on any atom is 0.121 e. The van der Waals surface area contributed by atoms with E-state index in [9.17, 15) is 0 Å². The summed E-state index contributed by atoms with van der Waals surface area (Å²) in [7, 11) is 0. The van der Waals surface area contributed by atoms with Crippen LogP contribution in [0.1, 0.15) is 40.0 Å². The third kappa shape index (κ3) is 3.14. The van der Waals surface area contributed by atoms with Crippen molar-refractivity contribution in [2.45, 2.75) is 46.1 Å². The van der Waals surface area contributed by atoms with Gasteiger partial charge in [0.1, 0.15) is 6.07 Å². The maximum absolute atomic E-state index is 5.63. The van der Waals surface area contributed by atoms with Gasteiger partial charge in [0, 0.05) is 0 Å². The monoisotopic (exact) mass is 204 g/mol. The average Bonchev–Trinajstić information content (AvgIpc) is 2.04. The highest BCUT2D eigenvalue weighted by Gasteiger charge is 2.30. The fourth-order valence-electron chi connectivity index (χ4n) is 2.39. The summed E-state index contributed by atoms with van der Waals surface area (Å²) in [5, 5.41) is 0. The summed E-state index contributed by atoms with van der Waals surface area (Å²) in [5.41, 5.74) is 0. The molecule has 0 aromatic rings. The van der Waals surface area contributed by atoms with Crippen LogP contribution in [0.4, 0.5) is 0 Å². The third-order valence-corrected chi connectivity index (χ3v) is 3.36. The van der Waals surface area contributed by atoms with Crippen LogP contribution in [0.2, 0.25) is 0 Å². The number of rotatable bonds is 3. The minimum atomic E-state index is 0.348. The minimum Gasteiger partial charge on any atom is -0.362 e. The van der Waals surface area contributed by atoms with Crippen molar-refractivity contribution in [3.63, 3.8) is 0 Å². The van der Waals surface area contributed by atoms with Gasteiger partial charge in [-0.3, -0.25) is 0 Å². The Morgan fingerprint density at radius 2 is 2.08 bits per heavy atom. The second-order valence-electron chi connectivity index (χ2n) is 4.64. The Balaban J connectivity index is 2.50. The van der Waals surface area contributed by atoms with E-state index in [0.29, 0.717) is 12.2 Å². The molecule has 0 N–H and O–H groups in total. The normalized spacial score (nSPS) is 35.3. The van der Waals surface area contributed by atoms with E-state index < -0.39 is 0 Å². The van der Waals surface area contributed by atoms with Crippen molar-refractivity contribution < 1.29 is 4.74 Å². The molecule has 2 heteroatoms. The molecule has 0 heterocycles. The molecule has 0 aliphatic heterocycles. The van der Waals surface area contributed by atoms with Crippen LogP contribution in [0.15, 0.2) is 0 Å². The number of hydrogen-bond donors (Lipinski definition) is 0. The van der Waals surface area contributed by atoms with Gasteiger partial charge in [0.15, 0.2) is 0 Å². The van der Waals surface area contributed by atoms with Crippen molar-refractivity contribution in [2.75, 3.05) is 6.07 Å². The number of ether oxygens (including phenoxy) is 1. The Morgan fingerprint density at radius 1 is 1.38 bits per heavy atom. The Bertz CT molecular complexity index is 147. The number of halogens is 1. The van der Waals surface area contributed by atoms with Crippen LogP contribution in [0.25, 0.3) is 0 Å². The van der Waals surface area contributed by atoms with Crippen LogP contribution >= 0.6 is 11.6 Å². The van der Waals surface area contributed by atoms with Gasteiger partial charge >= 0.3 is 0 Å². The van der Waals surface area contributed by atoms with Crippen molar-refractivity contribution in [1.82, 2.24) is 0 Å². The molecule has 0 aromatic heterocycles. The molecule has 1 nitrogen and oxygen atoms in total. The van der Waals surface area contributed by atoms with Crippen molar-refractivity contribution in [2.24, 2.45) is 17.8 Å². The Kier molecular flexibility index (Phi) is 4.54. The van der Waals surface area contributed by atoms with Gasteiger partial charge in [-0.2, -0.15) is 0 Å². The second kappa shape index (κ2) is 5.21. The Hall–Kier alpha value is 0.250. The molecule has 0 bridgehead atoms. The van der Waals surface area contributed by atoms with Gasteiger partial charge in [0.05, 0.1) is 6.10 Å². The largest absolute Gasteiger partial charge is 0.362 e. The topological polar surface area (TPSA) is 9.23 Å². The molecule has 3 atom stereocenters. The fourth-order valence-corrected chi connectivity index (χ4v) is 2.55. The first-order valence-electron chi connectivity index (χ1n) is 5.32. The van der Waals surface area contributed by atoms with Gasteiger partial charge in [-0.05, 0) is 30.6 Å². The highest BCUT2D eigenvalue weighted by atomic mass is 35.5. The van der Waals surface area contributed by atoms with Gasteiger partial charge in [0.2, 0.25) is 0 Å². The van der Waals surface area contributed by atoms with E-state index in [1.807, 2.05) is 0 Å². The maximum atomic E-state index is 5.63. The zero-order valence-electron chi connectivity index (χ0n) is 8.92. The highest BCUT2D eigenvalue weighted by molar-refractivity contribution is 6.17. The van der Waals surface area contributed by atoms with Gasteiger partial charge in [-0.1, -0.05) is 38.8 Å². The lowest BCUT2D eigenvalue weighted by Crippen LogP contribution is -2.34. The van der Waals surface area contributed by atoms with Crippen LogP contribution in [0, 0.1) is 17.8 Å². The highest BCUT2D eigenvalue weighted by Crippen LogP contribution is 2.35. The summed E-state index contributed by atoms with van der Waals surface area (Å²) in [5.74, 6) is 2.25. The summed E-state index contributed by atoms with van der Waals surface area (Å²) in [6.07, 6.45) is 4.25. The molecular formula is C11H21ClO. The Morgan fingerprint density at radius 3 is 2.62 bits per heavy atom. The summed E-state index contributed by atoms with van der Waals surface area (Å²) in [6.45, 7) is 6.87. The van der Waals surface area contributed by atoms with Crippen LogP contribution in [-0.2, 0) is 4.74 Å². The fraction of sp³-hybridized carbons (Fsp3) is 1.00. The van der Waals surface area contributed by atoms with E-state index in [0.717, 1.165) is 17.8 Å². The Labute approximate surface area is 86.8 Å². The van der Waals surface area contributed by atoms with Gasteiger partial charge in [-0.15, -0.1) is 0 Å². The van der Waals surface area contributed by atoms with Crippen LogP contribution in [0.3, 0.4) is 0 Å². The molecule has 0 amide bonds. The lowest BCUT2D eigenvalue weighted by molar-refractivity contribution is -0.0187. The zero-order valence-corrected chi connectivity index (χ0v) is 9.68. The lowest BCUT2D eigenvalue weighted by atomic mass is 9.75. The first kappa shape index (κ1) is 11.3. The van der Waals surface area contributed by atoms with Crippen LogP contribution < -0.4 is 0 Å². The van der Waals surface area contributed by atoms with Gasteiger partial charge < -0.3 is 4.74 Å². The van der Waals surface area contributed by atoms with Gasteiger partial charge in [0.25, 0.3) is 0 Å². The number of alkyl halides is 1. The standard InChI is InChI=1S/C11H21ClO/c1-8(2)10-5-4-9(3)6-11(10)13-7-12/h8-11H,4-7H2,1-3H3. The molecular weight excluding hydrogens is 184 g/mol. The molecule has 1 rings (SSSR count). The van der Waals surface area contributed by atoms with E-state index in [1.54, 1.807) is 0 Å². The molecule has 1 fully saturated rings. The number of hydrogen-bond acceptors (Lipinski definition) is 1. The lowest BCUT2D eigenvalue weighted by Gasteiger charge is -2.36. The molecule has 78 valence electrons. The van der Waals surface area contributed by atoms with E-state index in [4.69, 9.17) is 16.3 Å². The molecule has 0 spiro atoms. The summed E-state index contributed by atoms with van der Waals surface area (Å²) < 4.78 is 5.59. The molecule has 1 saturated carbocycles. The van der Waals surface area contributed by atoms with E-state index in [-0.39, 0.29) is 0 Å². The van der Waals surface area contributed by atoms with Crippen LogP contribution in [-0.4, -0.2) is 12.2 Å². The van der Waals surface area contributed by atoms with Crippen molar-refractivity contribution >= 4 is 11.6 Å². The molecule has 0 saturated heterocycles. The molecule has 3 unspecified atom stereocenters. The van der Waals surface area contributed by atoms with Crippen molar-refractivity contribution in [3.05, 3.63) is 0 Å². The quantitative estimate of drug-likeness (QED) is 0.638. The zero-order chi connectivity index (χ0) is 9.84. The predicted molar refractivity (Wildman–Crippen MR) is 56.9 cm³/mol. The summed E-state index contributed by atoms with van der Waals surface area (Å²) in [6, 6.07) is 0.348. The predicted octanol–water partition coefficient (Wildman–Crippen LogP) is 3.66. The van der Waals surface area contributed by atoms with E-state index >= 15 is 0 Å². The first-order valence-corrected chi connectivity index (χ1v) is 5.86. The molecule has 0 radical (unpaired) electrons. The first-order chi connectivity index (χ1) is 6.15. The van der Waals surface area contributed by atoms with Crippen molar-refractivity contribution in [1.29, 1.82) is 0 Å². The smallest absolute Gasteiger partial charge is 0.121 e. The van der Waals surface area contributed by atoms with Crippen molar-refractivity contribution in [3.8, 4) is 0 Å². The van der Waals surface area contributed by atoms with Gasteiger partial charge in [-0.25, -0.2) is 0 Å². The molecule has 0 aromatic carbocycles. The minimum absolute atomic E-state index is 0.348. The van der Waals surface area contributed by atoms with E-state index in [2.05, 4.69) is 20.8 Å². The van der Waals surface area contributed by atoms with Crippen LogP contribution in [0.5, 0.6) is 0 Å². The molecule has 13 heavy (non-hydrogen) atoms. The molecule has 1 aliphatic carbocycles. The average molecular weight is 205 g/mol. The third-order valence-electron chi connectivity index (χ3n) is 3.24. The second-order valence-corrected chi connectivity index (χ2v) is 4.86.